The van der Waals surface area contributed by atoms with Gasteiger partial charge in [-0.1, -0.05) is 30.3 Å². The Morgan fingerprint density at radius 3 is 2.38 bits per heavy atom. The summed E-state index contributed by atoms with van der Waals surface area (Å²) in [5.74, 6) is -0.307. The fraction of sp³-hybridized carbons (Fsp3) is 0.281. The van der Waals surface area contributed by atoms with E-state index >= 15 is 0 Å². The lowest BCUT2D eigenvalue weighted by Crippen LogP contribution is -2.36. The van der Waals surface area contributed by atoms with Gasteiger partial charge in [0.1, 0.15) is 0 Å². The molecule has 8 heteroatoms. The van der Waals surface area contributed by atoms with E-state index in [1.165, 1.54) is 7.11 Å². The highest BCUT2D eigenvalue weighted by atomic mass is 16.5. The van der Waals surface area contributed by atoms with Crippen molar-refractivity contribution in [2.75, 3.05) is 44.4 Å². The highest BCUT2D eigenvalue weighted by Crippen LogP contribution is 2.39. The van der Waals surface area contributed by atoms with E-state index in [1.807, 2.05) is 55.5 Å². The molecular weight excluding hydrogens is 504 g/mol. The van der Waals surface area contributed by atoms with E-state index in [2.05, 4.69) is 27.9 Å². The van der Waals surface area contributed by atoms with Crippen LogP contribution in [-0.4, -0.2) is 56.5 Å². The summed E-state index contributed by atoms with van der Waals surface area (Å²) < 4.78 is 4.90. The van der Waals surface area contributed by atoms with Crippen LogP contribution in [-0.2, 0) is 9.53 Å². The SMILES string of the molecule is COC(=O)c1cc2c(cc1C)/C(=C(/Nc1ccc(C(=O)NCC3CCN(C)CC3)cc1)c1ccccc1)C(=O)N2. The Kier molecular flexibility index (Phi) is 7.98. The lowest BCUT2D eigenvalue weighted by atomic mass is 9.96. The van der Waals surface area contributed by atoms with Crippen LogP contribution in [0.4, 0.5) is 11.4 Å². The van der Waals surface area contributed by atoms with Crippen LogP contribution in [0.15, 0.2) is 66.7 Å². The molecule has 3 N–H and O–H groups in total. The number of nitrogens with one attached hydrogen (secondary N) is 3. The van der Waals surface area contributed by atoms with Gasteiger partial charge >= 0.3 is 5.97 Å². The zero-order chi connectivity index (χ0) is 28.2. The molecule has 0 atom stereocenters. The maximum atomic E-state index is 13.3. The second kappa shape index (κ2) is 11.8. The molecule has 0 spiro atoms. The number of fused-ring (bicyclic) bond motifs is 1. The van der Waals surface area contributed by atoms with Crippen LogP contribution >= 0.6 is 0 Å². The third kappa shape index (κ3) is 5.77. The first-order valence-electron chi connectivity index (χ1n) is 13.5. The van der Waals surface area contributed by atoms with E-state index in [0.717, 1.165) is 37.2 Å². The number of ether oxygens (including phenoxy) is 1. The number of benzene rings is 3. The monoisotopic (exact) mass is 538 g/mol. The van der Waals surface area contributed by atoms with Crippen LogP contribution in [0.5, 0.6) is 0 Å². The van der Waals surface area contributed by atoms with Gasteiger partial charge in [-0.2, -0.15) is 0 Å². The number of hydrogen-bond donors (Lipinski definition) is 3. The second-order valence-electron chi connectivity index (χ2n) is 10.4. The molecule has 2 heterocycles. The highest BCUT2D eigenvalue weighted by Gasteiger charge is 2.30. The third-order valence-electron chi connectivity index (χ3n) is 7.63. The molecule has 8 nitrogen and oxygen atoms in total. The number of aryl methyl sites for hydroxylation is 1. The minimum atomic E-state index is -0.455. The van der Waals surface area contributed by atoms with Crippen LogP contribution in [0, 0.1) is 12.8 Å². The molecule has 3 aromatic carbocycles. The van der Waals surface area contributed by atoms with Crippen molar-refractivity contribution in [1.82, 2.24) is 10.2 Å². The molecule has 2 aliphatic heterocycles. The quantitative estimate of drug-likeness (QED) is 0.296. The van der Waals surface area contributed by atoms with Crippen LogP contribution < -0.4 is 16.0 Å². The molecule has 3 aromatic rings. The first-order valence-corrected chi connectivity index (χ1v) is 13.5. The third-order valence-corrected chi connectivity index (χ3v) is 7.63. The number of piperidine rings is 1. The van der Waals surface area contributed by atoms with E-state index in [-0.39, 0.29) is 11.8 Å². The fourth-order valence-corrected chi connectivity index (χ4v) is 5.24. The predicted octanol–water partition coefficient (Wildman–Crippen LogP) is 4.79. The summed E-state index contributed by atoms with van der Waals surface area (Å²) in [6, 6.07) is 20.3. The standard InChI is InChI=1S/C32H34N4O4/c1-20-17-26-27(18-25(20)32(39)40-3)35-31(38)28(26)29(22-7-5-4-6-8-22)34-24-11-9-23(10-12-24)30(37)33-19-21-13-15-36(2)16-14-21/h4-12,17-18,21,34H,13-16,19H2,1-3H3,(H,33,37)(H,35,38)/b29-28-. The van der Waals surface area contributed by atoms with Crippen LogP contribution in [0.25, 0.3) is 11.3 Å². The molecule has 0 aliphatic carbocycles. The topological polar surface area (TPSA) is 99.8 Å². The lowest BCUT2D eigenvalue weighted by molar-refractivity contribution is -0.110. The number of carbonyl (C=O) groups excluding carboxylic acids is 3. The van der Waals surface area contributed by atoms with Crippen molar-refractivity contribution in [3.63, 3.8) is 0 Å². The number of rotatable bonds is 7. The molecule has 0 aromatic heterocycles. The Morgan fingerprint density at radius 1 is 1.00 bits per heavy atom. The lowest BCUT2D eigenvalue weighted by Gasteiger charge is -2.28. The number of hydrogen-bond acceptors (Lipinski definition) is 6. The average molecular weight is 539 g/mol. The van der Waals surface area contributed by atoms with E-state index in [1.54, 1.807) is 18.2 Å². The van der Waals surface area contributed by atoms with Gasteiger partial charge in [-0.05, 0) is 93.3 Å². The van der Waals surface area contributed by atoms with E-state index in [0.29, 0.717) is 51.7 Å². The summed E-state index contributed by atoms with van der Waals surface area (Å²) in [4.78, 5) is 40.6. The molecule has 0 saturated carbocycles. The van der Waals surface area contributed by atoms with Gasteiger partial charge in [-0.3, -0.25) is 9.59 Å². The van der Waals surface area contributed by atoms with E-state index < -0.39 is 5.97 Å². The van der Waals surface area contributed by atoms with Crippen LogP contribution in [0.2, 0.25) is 0 Å². The zero-order valence-electron chi connectivity index (χ0n) is 23.0. The van der Waals surface area contributed by atoms with Crippen molar-refractivity contribution in [3.8, 4) is 0 Å². The van der Waals surface area contributed by atoms with Gasteiger partial charge in [0.2, 0.25) is 0 Å². The molecule has 0 unspecified atom stereocenters. The Balaban J connectivity index is 1.41. The van der Waals surface area contributed by atoms with Gasteiger partial charge in [0, 0.05) is 23.4 Å². The Bertz CT molecular complexity index is 1460. The van der Waals surface area contributed by atoms with Crippen LogP contribution in [0.3, 0.4) is 0 Å². The van der Waals surface area contributed by atoms with E-state index in [9.17, 15) is 14.4 Å². The largest absolute Gasteiger partial charge is 0.465 e. The fourth-order valence-electron chi connectivity index (χ4n) is 5.24. The summed E-state index contributed by atoms with van der Waals surface area (Å²) in [7, 11) is 3.46. The first kappa shape index (κ1) is 27.1. The number of anilines is 2. The molecule has 2 amide bonds. The number of nitrogens with zero attached hydrogens (tertiary/aromatic N) is 1. The van der Waals surface area contributed by atoms with Crippen molar-refractivity contribution in [2.45, 2.75) is 19.8 Å². The molecule has 0 radical (unpaired) electrons. The number of amides is 2. The summed E-state index contributed by atoms with van der Waals surface area (Å²) in [5, 5.41) is 9.40. The van der Waals surface area contributed by atoms with Crippen LogP contribution in [0.1, 0.15) is 50.2 Å². The van der Waals surface area contributed by atoms with Gasteiger partial charge in [-0.15, -0.1) is 0 Å². The molecule has 40 heavy (non-hydrogen) atoms. The van der Waals surface area contributed by atoms with Crippen molar-refractivity contribution >= 4 is 40.4 Å². The number of esters is 1. The average Bonchev–Trinajstić information content (AvgIpc) is 3.29. The van der Waals surface area contributed by atoms with Crippen molar-refractivity contribution in [3.05, 3.63) is 94.5 Å². The summed E-state index contributed by atoms with van der Waals surface area (Å²) in [6.45, 7) is 4.63. The first-order chi connectivity index (χ1) is 19.3. The van der Waals surface area contributed by atoms with Crippen molar-refractivity contribution < 1.29 is 19.1 Å². The molecule has 1 fully saturated rings. The summed E-state index contributed by atoms with van der Waals surface area (Å²) >= 11 is 0. The molecule has 1 saturated heterocycles. The minimum Gasteiger partial charge on any atom is -0.465 e. The minimum absolute atomic E-state index is 0.0897. The van der Waals surface area contributed by atoms with Gasteiger partial charge < -0.3 is 25.6 Å². The molecule has 5 rings (SSSR count). The van der Waals surface area contributed by atoms with Gasteiger partial charge in [0.05, 0.1) is 29.6 Å². The van der Waals surface area contributed by atoms with Gasteiger partial charge in [0.25, 0.3) is 11.8 Å². The summed E-state index contributed by atoms with van der Waals surface area (Å²) in [6.07, 6.45) is 2.19. The zero-order valence-corrected chi connectivity index (χ0v) is 23.0. The maximum Gasteiger partial charge on any atom is 0.338 e. The van der Waals surface area contributed by atoms with Gasteiger partial charge in [0.15, 0.2) is 0 Å². The Hall–Kier alpha value is -4.43. The van der Waals surface area contributed by atoms with Gasteiger partial charge in [-0.25, -0.2) is 4.79 Å². The van der Waals surface area contributed by atoms with Crippen molar-refractivity contribution in [2.24, 2.45) is 5.92 Å². The number of carbonyl (C=O) groups is 3. The molecule has 206 valence electrons. The maximum absolute atomic E-state index is 13.3. The Labute approximate surface area is 234 Å². The van der Waals surface area contributed by atoms with E-state index in [4.69, 9.17) is 4.74 Å². The predicted molar refractivity (Wildman–Crippen MR) is 157 cm³/mol. The molecule has 0 bridgehead atoms. The van der Waals surface area contributed by atoms with Crippen molar-refractivity contribution in [1.29, 1.82) is 0 Å². The number of likely N-dealkylation sites (tertiary alicyclic amines) is 1. The molecule has 2 aliphatic rings. The highest BCUT2D eigenvalue weighted by molar-refractivity contribution is 6.37. The smallest absolute Gasteiger partial charge is 0.338 e. The molecular formula is C32H34N4O4. The normalized spacial score (nSPS) is 16.6. The number of methoxy groups -OCH3 is 1. The summed E-state index contributed by atoms with van der Waals surface area (Å²) in [5.41, 5.74) is 5.62. The second-order valence-corrected chi connectivity index (χ2v) is 10.4. The Morgan fingerprint density at radius 2 is 1.70 bits per heavy atom.